The number of rotatable bonds is 3. The standard InChI is InChI=1S/C11H13ClN2O3S/c1-13-6-7-14(11(13)15)10-4-2-9(3-5-10)8-18(12,16)17/h2-5H,6-8H2,1H3. The molecule has 0 saturated carbocycles. The van der Waals surface area contributed by atoms with Crippen LogP contribution in [0.5, 0.6) is 0 Å². The number of anilines is 1. The maximum absolute atomic E-state index is 11.8. The highest BCUT2D eigenvalue weighted by Gasteiger charge is 2.26. The molecule has 0 N–H and O–H groups in total. The first-order valence-electron chi connectivity index (χ1n) is 5.41. The van der Waals surface area contributed by atoms with E-state index in [1.165, 1.54) is 0 Å². The number of hydrogen-bond donors (Lipinski definition) is 0. The summed E-state index contributed by atoms with van der Waals surface area (Å²) in [4.78, 5) is 15.0. The maximum atomic E-state index is 11.8. The molecule has 7 heteroatoms. The van der Waals surface area contributed by atoms with E-state index in [1.807, 2.05) is 0 Å². The van der Waals surface area contributed by atoms with Crippen molar-refractivity contribution in [2.24, 2.45) is 0 Å². The van der Waals surface area contributed by atoms with Gasteiger partial charge in [-0.05, 0) is 17.7 Å². The SMILES string of the molecule is CN1CCN(c2ccc(CS(=O)(=O)Cl)cc2)C1=O. The fourth-order valence-corrected chi connectivity index (χ4v) is 2.83. The van der Waals surface area contributed by atoms with Crippen LogP contribution in [0.15, 0.2) is 24.3 Å². The van der Waals surface area contributed by atoms with Crippen molar-refractivity contribution in [3.63, 3.8) is 0 Å². The predicted octanol–water partition coefficient (Wildman–Crippen LogP) is 1.63. The lowest BCUT2D eigenvalue weighted by Gasteiger charge is -2.16. The molecule has 1 aromatic rings. The second kappa shape index (κ2) is 4.78. The molecule has 0 unspecified atom stereocenters. The molecule has 0 aliphatic carbocycles. The molecule has 2 rings (SSSR count). The zero-order chi connectivity index (χ0) is 13.3. The van der Waals surface area contributed by atoms with Gasteiger partial charge in [0.25, 0.3) is 0 Å². The summed E-state index contributed by atoms with van der Waals surface area (Å²) in [5, 5.41) is 0. The number of nitrogens with zero attached hydrogens (tertiary/aromatic N) is 2. The zero-order valence-corrected chi connectivity index (χ0v) is 11.4. The minimum absolute atomic E-state index is 0.0484. The van der Waals surface area contributed by atoms with E-state index >= 15 is 0 Å². The van der Waals surface area contributed by atoms with Crippen molar-refractivity contribution in [1.82, 2.24) is 4.90 Å². The van der Waals surface area contributed by atoms with Gasteiger partial charge in [-0.3, -0.25) is 4.90 Å². The number of hydrogen-bond acceptors (Lipinski definition) is 3. The summed E-state index contributed by atoms with van der Waals surface area (Å²) >= 11 is 0. The Kier molecular flexibility index (Phi) is 3.49. The van der Waals surface area contributed by atoms with E-state index in [-0.39, 0.29) is 11.8 Å². The molecule has 0 radical (unpaired) electrons. The fraction of sp³-hybridized carbons (Fsp3) is 0.364. The van der Waals surface area contributed by atoms with Crippen LogP contribution in [0.3, 0.4) is 0 Å². The van der Waals surface area contributed by atoms with Gasteiger partial charge < -0.3 is 4.90 Å². The quantitative estimate of drug-likeness (QED) is 0.794. The van der Waals surface area contributed by atoms with E-state index in [9.17, 15) is 13.2 Å². The average Bonchev–Trinajstić information content (AvgIpc) is 2.59. The van der Waals surface area contributed by atoms with E-state index in [0.29, 0.717) is 18.7 Å². The lowest BCUT2D eigenvalue weighted by molar-refractivity contribution is 0.229. The molecule has 0 atom stereocenters. The topological polar surface area (TPSA) is 57.7 Å². The molecule has 1 fully saturated rings. The molecular weight excluding hydrogens is 276 g/mol. The number of halogens is 1. The van der Waals surface area contributed by atoms with Gasteiger partial charge in [0.05, 0.1) is 5.75 Å². The summed E-state index contributed by atoms with van der Waals surface area (Å²) < 4.78 is 21.9. The normalized spacial score (nSPS) is 16.4. The Morgan fingerprint density at radius 3 is 2.28 bits per heavy atom. The van der Waals surface area contributed by atoms with Crippen molar-refractivity contribution in [3.8, 4) is 0 Å². The lowest BCUT2D eigenvalue weighted by Crippen LogP contribution is -2.29. The van der Waals surface area contributed by atoms with Gasteiger partial charge >= 0.3 is 6.03 Å². The Morgan fingerprint density at radius 2 is 1.83 bits per heavy atom. The largest absolute Gasteiger partial charge is 0.326 e. The van der Waals surface area contributed by atoms with Crippen LogP contribution in [0.2, 0.25) is 0 Å². The first-order valence-corrected chi connectivity index (χ1v) is 7.88. The van der Waals surface area contributed by atoms with E-state index in [1.54, 1.807) is 41.1 Å². The van der Waals surface area contributed by atoms with Crippen molar-refractivity contribution >= 4 is 31.5 Å². The van der Waals surface area contributed by atoms with Crippen LogP contribution in [0, 0.1) is 0 Å². The van der Waals surface area contributed by atoms with Gasteiger partial charge in [-0.25, -0.2) is 13.2 Å². The minimum Gasteiger partial charge on any atom is -0.326 e. The number of likely N-dealkylation sites (N-methyl/N-ethyl adjacent to an activating group) is 1. The molecule has 18 heavy (non-hydrogen) atoms. The van der Waals surface area contributed by atoms with Gasteiger partial charge in [0.1, 0.15) is 0 Å². The Hall–Kier alpha value is -1.27. The van der Waals surface area contributed by atoms with Gasteiger partial charge in [0.15, 0.2) is 0 Å². The van der Waals surface area contributed by atoms with Gasteiger partial charge in [-0.1, -0.05) is 12.1 Å². The molecule has 1 aliphatic heterocycles. The molecule has 5 nitrogen and oxygen atoms in total. The summed E-state index contributed by atoms with van der Waals surface area (Å²) in [5.41, 5.74) is 1.37. The zero-order valence-electron chi connectivity index (χ0n) is 9.84. The van der Waals surface area contributed by atoms with E-state index < -0.39 is 9.05 Å². The van der Waals surface area contributed by atoms with Crippen LogP contribution in [-0.4, -0.2) is 39.5 Å². The first kappa shape index (κ1) is 13.2. The Bertz CT molecular complexity index is 556. The fourth-order valence-electron chi connectivity index (χ4n) is 1.86. The predicted molar refractivity (Wildman–Crippen MR) is 70.3 cm³/mol. The molecule has 1 aliphatic rings. The highest BCUT2D eigenvalue weighted by Crippen LogP contribution is 2.21. The summed E-state index contributed by atoms with van der Waals surface area (Å²) in [6, 6.07) is 6.75. The molecule has 1 aromatic carbocycles. The van der Waals surface area contributed by atoms with Crippen LogP contribution in [0.25, 0.3) is 0 Å². The Labute approximate surface area is 110 Å². The molecule has 98 valence electrons. The summed E-state index contributed by atoms with van der Waals surface area (Å²) in [6.45, 7) is 1.33. The van der Waals surface area contributed by atoms with Crippen LogP contribution in [0.1, 0.15) is 5.56 Å². The van der Waals surface area contributed by atoms with Crippen molar-refractivity contribution in [2.45, 2.75) is 5.75 Å². The number of carbonyl (C=O) groups excluding carboxylic acids is 1. The molecule has 1 saturated heterocycles. The van der Waals surface area contributed by atoms with Crippen LogP contribution < -0.4 is 4.90 Å². The van der Waals surface area contributed by atoms with E-state index in [4.69, 9.17) is 10.7 Å². The number of carbonyl (C=O) groups is 1. The maximum Gasteiger partial charge on any atom is 0.324 e. The highest BCUT2D eigenvalue weighted by atomic mass is 35.7. The number of urea groups is 1. The molecule has 1 heterocycles. The Morgan fingerprint density at radius 1 is 1.22 bits per heavy atom. The monoisotopic (exact) mass is 288 g/mol. The Balaban J connectivity index is 2.16. The van der Waals surface area contributed by atoms with Crippen LogP contribution in [0.4, 0.5) is 10.5 Å². The van der Waals surface area contributed by atoms with Gasteiger partial charge in [0, 0.05) is 36.5 Å². The third kappa shape index (κ3) is 2.94. The van der Waals surface area contributed by atoms with Crippen molar-refractivity contribution in [2.75, 3.05) is 25.0 Å². The minimum atomic E-state index is -3.55. The first-order chi connectivity index (χ1) is 8.37. The third-order valence-electron chi connectivity index (χ3n) is 2.80. The summed E-state index contributed by atoms with van der Waals surface area (Å²) in [5.74, 6) is -0.206. The van der Waals surface area contributed by atoms with Gasteiger partial charge in [0.2, 0.25) is 9.05 Å². The summed E-state index contributed by atoms with van der Waals surface area (Å²) in [7, 11) is 3.38. The van der Waals surface area contributed by atoms with Gasteiger partial charge in [-0.15, -0.1) is 0 Å². The lowest BCUT2D eigenvalue weighted by atomic mass is 10.2. The van der Waals surface area contributed by atoms with Crippen molar-refractivity contribution < 1.29 is 13.2 Å². The average molecular weight is 289 g/mol. The second-order valence-electron chi connectivity index (χ2n) is 4.21. The highest BCUT2D eigenvalue weighted by molar-refractivity contribution is 8.13. The molecule has 2 amide bonds. The van der Waals surface area contributed by atoms with Gasteiger partial charge in [-0.2, -0.15) is 0 Å². The summed E-state index contributed by atoms with van der Waals surface area (Å²) in [6.07, 6.45) is 0. The van der Waals surface area contributed by atoms with E-state index in [0.717, 1.165) is 5.69 Å². The van der Waals surface area contributed by atoms with Crippen molar-refractivity contribution in [1.29, 1.82) is 0 Å². The third-order valence-corrected chi connectivity index (χ3v) is 3.81. The molecule has 0 aromatic heterocycles. The smallest absolute Gasteiger partial charge is 0.324 e. The second-order valence-corrected chi connectivity index (χ2v) is 6.98. The van der Waals surface area contributed by atoms with Crippen molar-refractivity contribution in [3.05, 3.63) is 29.8 Å². The number of benzene rings is 1. The molecular formula is C11H13ClN2O3S. The molecule has 0 bridgehead atoms. The van der Waals surface area contributed by atoms with Crippen LogP contribution >= 0.6 is 10.7 Å². The number of amides is 2. The molecule has 0 spiro atoms. The van der Waals surface area contributed by atoms with Crippen LogP contribution in [-0.2, 0) is 14.8 Å². The van der Waals surface area contributed by atoms with E-state index in [2.05, 4.69) is 0 Å².